The topological polar surface area (TPSA) is 52.6 Å². The van der Waals surface area contributed by atoms with Gasteiger partial charge in [0.25, 0.3) is 0 Å². The van der Waals surface area contributed by atoms with E-state index in [1.807, 2.05) is 4.90 Å². The highest BCUT2D eigenvalue weighted by Gasteiger charge is 2.30. The van der Waals surface area contributed by atoms with E-state index in [1.54, 1.807) is 12.1 Å². The van der Waals surface area contributed by atoms with E-state index < -0.39 is 0 Å². The molecule has 2 saturated heterocycles. The molecule has 0 aliphatic carbocycles. The molecule has 0 bridgehead atoms. The van der Waals surface area contributed by atoms with Crippen LogP contribution in [0.4, 0.5) is 0 Å². The molecule has 0 radical (unpaired) electrons. The van der Waals surface area contributed by atoms with Gasteiger partial charge in [-0.3, -0.25) is 4.79 Å². The molecule has 1 amide bonds. The maximum atomic E-state index is 12.4. The van der Waals surface area contributed by atoms with Gasteiger partial charge in [0, 0.05) is 25.2 Å². The zero-order valence-electron chi connectivity index (χ0n) is 13.0. The number of aromatic hydroxyl groups is 1. The first-order valence-electron chi connectivity index (χ1n) is 8.21. The Morgan fingerprint density at radius 2 is 2.00 bits per heavy atom. The number of phenols is 1. The van der Waals surface area contributed by atoms with Gasteiger partial charge >= 0.3 is 0 Å². The number of benzene rings is 1. The van der Waals surface area contributed by atoms with Gasteiger partial charge in [-0.2, -0.15) is 0 Å². The Kier molecular flexibility index (Phi) is 5.34. The minimum absolute atomic E-state index is 0.151. The Balaban J connectivity index is 1.57. The average molecular weight is 357 g/mol. The number of carbonyl (C=O) groups excluding carboxylic acids is 1. The summed E-state index contributed by atoms with van der Waals surface area (Å²) in [5.74, 6) is 1.06. The number of amides is 1. The molecule has 2 N–H and O–H groups in total. The number of hydrogen-bond donors (Lipinski definition) is 2. The summed E-state index contributed by atoms with van der Waals surface area (Å²) in [4.78, 5) is 14.4. The van der Waals surface area contributed by atoms with Crippen LogP contribution in [0, 0.1) is 11.8 Å². The molecule has 1 atom stereocenters. The van der Waals surface area contributed by atoms with E-state index in [-0.39, 0.29) is 17.6 Å². The molecule has 23 heavy (non-hydrogen) atoms. The molecule has 2 aliphatic heterocycles. The molecule has 0 unspecified atom stereocenters. The van der Waals surface area contributed by atoms with Crippen LogP contribution in [0.3, 0.4) is 0 Å². The van der Waals surface area contributed by atoms with Crippen molar-refractivity contribution in [2.45, 2.75) is 25.7 Å². The summed E-state index contributed by atoms with van der Waals surface area (Å²) in [5.41, 5.74) is 0.726. The van der Waals surface area contributed by atoms with Crippen molar-refractivity contribution >= 4 is 29.1 Å². The molecule has 2 heterocycles. The van der Waals surface area contributed by atoms with Crippen LogP contribution in [0.2, 0.25) is 10.0 Å². The smallest absolute Gasteiger partial charge is 0.227 e. The van der Waals surface area contributed by atoms with Crippen LogP contribution in [0.25, 0.3) is 0 Å². The maximum Gasteiger partial charge on any atom is 0.227 e. The quantitative estimate of drug-likeness (QED) is 0.874. The molecule has 2 aliphatic rings. The third kappa shape index (κ3) is 3.76. The maximum absolute atomic E-state index is 12.4. The highest BCUT2D eigenvalue weighted by Crippen LogP contribution is 2.36. The van der Waals surface area contributed by atoms with Crippen LogP contribution in [0.15, 0.2) is 12.1 Å². The van der Waals surface area contributed by atoms with Gasteiger partial charge in [0.05, 0.1) is 16.0 Å². The summed E-state index contributed by atoms with van der Waals surface area (Å²) in [6, 6.07) is 3.20. The van der Waals surface area contributed by atoms with Gasteiger partial charge in [0.1, 0.15) is 5.75 Å². The largest absolute Gasteiger partial charge is 0.508 e. The number of carbonyl (C=O) groups is 1. The Labute approximate surface area is 146 Å². The lowest BCUT2D eigenvalue weighted by atomic mass is 9.89. The number of piperidine rings is 1. The fourth-order valence-electron chi connectivity index (χ4n) is 3.55. The lowest BCUT2D eigenvalue weighted by Gasteiger charge is -2.33. The van der Waals surface area contributed by atoms with Crippen molar-refractivity contribution in [2.75, 3.05) is 26.2 Å². The molecular formula is C17H22Cl2N2O2. The number of hydrogen-bond acceptors (Lipinski definition) is 3. The summed E-state index contributed by atoms with van der Waals surface area (Å²) >= 11 is 12.3. The van der Waals surface area contributed by atoms with Crippen LogP contribution in [0.1, 0.15) is 24.8 Å². The summed E-state index contributed by atoms with van der Waals surface area (Å²) in [6.07, 6.45) is 3.53. The number of halogens is 2. The van der Waals surface area contributed by atoms with Crippen molar-refractivity contribution in [3.8, 4) is 5.75 Å². The molecule has 6 heteroatoms. The number of rotatable bonds is 3. The Morgan fingerprint density at radius 1 is 1.26 bits per heavy atom. The molecular weight excluding hydrogens is 335 g/mol. The Hall–Kier alpha value is -0.970. The molecule has 1 aromatic carbocycles. The predicted octanol–water partition coefficient (Wildman–Crippen LogP) is 3.09. The van der Waals surface area contributed by atoms with Gasteiger partial charge in [0.2, 0.25) is 5.91 Å². The number of likely N-dealkylation sites (tertiary alicyclic amines) is 1. The molecule has 1 aromatic rings. The average Bonchev–Trinajstić information content (AvgIpc) is 3.10. The Bertz CT molecular complexity index is 580. The van der Waals surface area contributed by atoms with Crippen molar-refractivity contribution < 1.29 is 9.90 Å². The normalized spacial score (nSPS) is 22.5. The zero-order valence-corrected chi connectivity index (χ0v) is 14.5. The third-order valence-electron chi connectivity index (χ3n) is 5.00. The minimum atomic E-state index is 0.151. The van der Waals surface area contributed by atoms with Gasteiger partial charge in [0.15, 0.2) is 0 Å². The zero-order chi connectivity index (χ0) is 16.4. The minimum Gasteiger partial charge on any atom is -0.508 e. The van der Waals surface area contributed by atoms with Crippen molar-refractivity contribution in [3.63, 3.8) is 0 Å². The van der Waals surface area contributed by atoms with E-state index in [0.29, 0.717) is 22.4 Å². The first-order valence-corrected chi connectivity index (χ1v) is 8.97. The van der Waals surface area contributed by atoms with Gasteiger partial charge in [-0.15, -0.1) is 0 Å². The summed E-state index contributed by atoms with van der Waals surface area (Å²) in [5, 5.41) is 14.2. The van der Waals surface area contributed by atoms with Gasteiger partial charge in [-0.05, 0) is 50.3 Å². The number of nitrogens with zero attached hydrogens (tertiary/aromatic N) is 1. The number of nitrogens with one attached hydrogen (secondary N) is 1. The Morgan fingerprint density at radius 3 is 2.65 bits per heavy atom. The SMILES string of the molecule is O=C([C@@H]1CCNC1)N1CCC(Cc2c(O)ccc(Cl)c2Cl)CC1. The molecule has 0 saturated carbocycles. The highest BCUT2D eigenvalue weighted by atomic mass is 35.5. The van der Waals surface area contributed by atoms with Gasteiger partial charge in [-0.1, -0.05) is 23.2 Å². The van der Waals surface area contributed by atoms with E-state index in [4.69, 9.17) is 23.2 Å². The predicted molar refractivity (Wildman–Crippen MR) is 92.1 cm³/mol. The van der Waals surface area contributed by atoms with E-state index in [1.165, 1.54) is 0 Å². The van der Waals surface area contributed by atoms with E-state index in [2.05, 4.69) is 5.32 Å². The van der Waals surface area contributed by atoms with Crippen LogP contribution in [-0.4, -0.2) is 42.1 Å². The number of phenolic OH excluding ortho intramolecular Hbond substituents is 1. The molecule has 0 spiro atoms. The monoisotopic (exact) mass is 356 g/mol. The van der Waals surface area contributed by atoms with E-state index in [0.717, 1.165) is 51.0 Å². The van der Waals surface area contributed by atoms with Crippen molar-refractivity contribution in [1.82, 2.24) is 10.2 Å². The summed E-state index contributed by atoms with van der Waals surface area (Å²) in [6.45, 7) is 3.34. The molecule has 2 fully saturated rings. The molecule has 3 rings (SSSR count). The lowest BCUT2D eigenvalue weighted by molar-refractivity contribution is -0.136. The fraction of sp³-hybridized carbons (Fsp3) is 0.588. The molecule has 126 valence electrons. The molecule has 4 nitrogen and oxygen atoms in total. The van der Waals surface area contributed by atoms with Crippen LogP contribution in [0.5, 0.6) is 5.75 Å². The first kappa shape index (κ1) is 16.9. The second kappa shape index (κ2) is 7.29. The van der Waals surface area contributed by atoms with E-state index >= 15 is 0 Å². The van der Waals surface area contributed by atoms with Crippen molar-refractivity contribution in [3.05, 3.63) is 27.7 Å². The van der Waals surface area contributed by atoms with Crippen LogP contribution < -0.4 is 5.32 Å². The summed E-state index contributed by atoms with van der Waals surface area (Å²) < 4.78 is 0. The van der Waals surface area contributed by atoms with Crippen LogP contribution >= 0.6 is 23.2 Å². The van der Waals surface area contributed by atoms with Crippen molar-refractivity contribution in [1.29, 1.82) is 0 Å². The van der Waals surface area contributed by atoms with E-state index in [9.17, 15) is 9.90 Å². The lowest BCUT2D eigenvalue weighted by Crippen LogP contribution is -2.42. The first-order chi connectivity index (χ1) is 11.1. The third-order valence-corrected chi connectivity index (χ3v) is 5.84. The standard InChI is InChI=1S/C17H22Cl2N2O2/c18-14-1-2-15(22)13(16(14)19)9-11-4-7-21(8-5-11)17(23)12-3-6-20-10-12/h1-2,11-12,20,22H,3-10H2/t12-/m1/s1. The second-order valence-electron chi connectivity index (χ2n) is 6.52. The van der Waals surface area contributed by atoms with Gasteiger partial charge < -0.3 is 15.3 Å². The van der Waals surface area contributed by atoms with Crippen molar-refractivity contribution in [2.24, 2.45) is 11.8 Å². The van der Waals surface area contributed by atoms with Crippen LogP contribution in [-0.2, 0) is 11.2 Å². The molecule has 0 aromatic heterocycles. The highest BCUT2D eigenvalue weighted by molar-refractivity contribution is 6.42. The fourth-order valence-corrected chi connectivity index (χ4v) is 3.96. The van der Waals surface area contributed by atoms with Gasteiger partial charge in [-0.25, -0.2) is 0 Å². The second-order valence-corrected chi connectivity index (χ2v) is 7.31. The summed E-state index contributed by atoms with van der Waals surface area (Å²) in [7, 11) is 0.